The molecular formula is C29H37NO4. The van der Waals surface area contributed by atoms with E-state index in [0.717, 1.165) is 35.0 Å². The zero-order valence-electron chi connectivity index (χ0n) is 21.3. The van der Waals surface area contributed by atoms with Crippen LogP contribution >= 0.6 is 0 Å². The lowest BCUT2D eigenvalue weighted by Crippen LogP contribution is -2.36. The average Bonchev–Trinajstić information content (AvgIpc) is 3.31. The van der Waals surface area contributed by atoms with E-state index in [1.54, 1.807) is 6.20 Å². The summed E-state index contributed by atoms with van der Waals surface area (Å²) < 4.78 is 12.6. The molecule has 2 aliphatic rings. The van der Waals surface area contributed by atoms with E-state index in [2.05, 4.69) is 46.8 Å². The number of allylic oxidation sites excluding steroid dienone is 2. The van der Waals surface area contributed by atoms with Gasteiger partial charge in [0.05, 0.1) is 19.0 Å². The van der Waals surface area contributed by atoms with Gasteiger partial charge in [0.2, 0.25) is 5.79 Å². The van der Waals surface area contributed by atoms with Crippen LogP contribution in [0.15, 0.2) is 36.2 Å². The molecule has 1 aliphatic carbocycles. The summed E-state index contributed by atoms with van der Waals surface area (Å²) in [5, 5.41) is 10.3. The molecule has 1 aromatic heterocycles. The van der Waals surface area contributed by atoms with Crippen molar-refractivity contribution >= 4 is 11.9 Å². The van der Waals surface area contributed by atoms with Crippen LogP contribution in [-0.4, -0.2) is 29.6 Å². The van der Waals surface area contributed by atoms with Crippen molar-refractivity contribution in [2.24, 2.45) is 0 Å². The van der Waals surface area contributed by atoms with E-state index in [-0.39, 0.29) is 16.6 Å². The summed E-state index contributed by atoms with van der Waals surface area (Å²) in [6.07, 6.45) is 5.48. The lowest BCUT2D eigenvalue weighted by molar-refractivity contribution is -0.133. The maximum Gasteiger partial charge on any atom is 0.240 e. The zero-order chi connectivity index (χ0) is 24.7. The number of aromatic nitrogens is 1. The van der Waals surface area contributed by atoms with Crippen molar-refractivity contribution in [3.05, 3.63) is 69.7 Å². The van der Waals surface area contributed by atoms with Crippen LogP contribution in [0.5, 0.6) is 0 Å². The van der Waals surface area contributed by atoms with Crippen molar-refractivity contribution in [1.82, 2.24) is 4.98 Å². The average molecular weight is 464 g/mol. The summed E-state index contributed by atoms with van der Waals surface area (Å²) in [5.74, 6) is -0.841. The number of carbonyl (C=O) groups is 1. The number of pyridine rings is 1. The van der Waals surface area contributed by atoms with E-state index in [4.69, 9.17) is 14.5 Å². The van der Waals surface area contributed by atoms with Crippen molar-refractivity contribution in [3.63, 3.8) is 0 Å². The first-order valence-electron chi connectivity index (χ1n) is 12.2. The van der Waals surface area contributed by atoms with Gasteiger partial charge in [-0.3, -0.25) is 4.98 Å². The third kappa shape index (κ3) is 4.20. The Bertz CT molecular complexity index is 1110. The van der Waals surface area contributed by atoms with Gasteiger partial charge in [0.15, 0.2) is 0 Å². The van der Waals surface area contributed by atoms with Gasteiger partial charge in [-0.25, -0.2) is 0 Å². The second kappa shape index (κ2) is 8.94. The number of nitrogens with zero attached hydrogens (tertiary/aromatic N) is 1. The van der Waals surface area contributed by atoms with Crippen LogP contribution in [0, 0.1) is 6.92 Å². The molecule has 0 unspecified atom stereocenters. The number of aliphatic hydroxyl groups excluding tert-OH is 1. The number of hydrogen-bond acceptors (Lipinski definition) is 5. The van der Waals surface area contributed by atoms with Crippen LogP contribution in [-0.2, 0) is 30.9 Å². The molecule has 1 fully saturated rings. The number of aryl methyl sites for hydroxylation is 1. The van der Waals surface area contributed by atoms with E-state index in [1.165, 1.54) is 17.5 Å². The maximum atomic E-state index is 10.6. The predicted octanol–water partition coefficient (Wildman–Crippen LogP) is 6.26. The SMILES string of the molecule is C/C(=C(/O)CCC=O)c1ccc(C2(c3cc4c(cc3C)C(C)(C)CCC4(C)C)OCCO2)nc1. The van der Waals surface area contributed by atoms with Crippen molar-refractivity contribution in [3.8, 4) is 0 Å². The van der Waals surface area contributed by atoms with Crippen LogP contribution in [0.1, 0.15) is 93.8 Å². The highest BCUT2D eigenvalue weighted by atomic mass is 16.7. The Morgan fingerprint density at radius 1 is 1.03 bits per heavy atom. The van der Waals surface area contributed by atoms with Gasteiger partial charge in [-0.15, -0.1) is 0 Å². The predicted molar refractivity (Wildman–Crippen MR) is 134 cm³/mol. The molecule has 0 radical (unpaired) electrons. The highest BCUT2D eigenvalue weighted by Crippen LogP contribution is 2.49. The molecule has 0 bridgehead atoms. The molecule has 0 atom stereocenters. The number of hydrogen-bond donors (Lipinski definition) is 1. The summed E-state index contributed by atoms with van der Waals surface area (Å²) in [5.41, 5.74) is 7.36. The molecule has 4 rings (SSSR count). The number of aliphatic hydroxyl groups is 1. The monoisotopic (exact) mass is 463 g/mol. The first kappa shape index (κ1) is 24.6. The summed E-state index contributed by atoms with van der Waals surface area (Å²) in [7, 11) is 0. The van der Waals surface area contributed by atoms with Gasteiger partial charge in [-0.2, -0.15) is 0 Å². The minimum absolute atomic E-state index is 0.0747. The van der Waals surface area contributed by atoms with E-state index in [9.17, 15) is 9.90 Å². The highest BCUT2D eigenvalue weighted by Gasteiger charge is 2.46. The van der Waals surface area contributed by atoms with E-state index < -0.39 is 5.79 Å². The Morgan fingerprint density at radius 2 is 1.65 bits per heavy atom. The van der Waals surface area contributed by atoms with Crippen LogP contribution in [0.25, 0.3) is 5.57 Å². The highest BCUT2D eigenvalue weighted by molar-refractivity contribution is 5.65. The molecule has 34 heavy (non-hydrogen) atoms. The van der Waals surface area contributed by atoms with Crippen molar-refractivity contribution in [1.29, 1.82) is 0 Å². The number of ether oxygens (including phenoxy) is 2. The third-order valence-corrected chi connectivity index (χ3v) is 7.71. The first-order valence-corrected chi connectivity index (χ1v) is 12.2. The molecule has 2 aromatic rings. The van der Waals surface area contributed by atoms with Crippen LogP contribution in [0.3, 0.4) is 0 Å². The molecule has 0 saturated carbocycles. The smallest absolute Gasteiger partial charge is 0.240 e. The number of carbonyl (C=O) groups excluding carboxylic acids is 1. The minimum atomic E-state index is -1.05. The topological polar surface area (TPSA) is 68.7 Å². The lowest BCUT2D eigenvalue weighted by atomic mass is 9.62. The quantitative estimate of drug-likeness (QED) is 0.405. The van der Waals surface area contributed by atoms with Gasteiger partial charge >= 0.3 is 0 Å². The molecule has 1 aliphatic heterocycles. The van der Waals surface area contributed by atoms with E-state index >= 15 is 0 Å². The third-order valence-electron chi connectivity index (χ3n) is 7.71. The molecule has 5 heteroatoms. The Labute approximate surface area is 203 Å². The van der Waals surface area contributed by atoms with E-state index in [1.807, 2.05) is 19.1 Å². The minimum Gasteiger partial charge on any atom is -0.512 e. The van der Waals surface area contributed by atoms with Crippen molar-refractivity contribution < 1.29 is 19.4 Å². The van der Waals surface area contributed by atoms with E-state index in [0.29, 0.717) is 31.7 Å². The summed E-state index contributed by atoms with van der Waals surface area (Å²) in [6, 6.07) is 8.47. The number of fused-ring (bicyclic) bond motifs is 1. The molecule has 1 aromatic carbocycles. The summed E-state index contributed by atoms with van der Waals surface area (Å²) in [6.45, 7) is 14.3. The Hall–Kier alpha value is -2.50. The molecule has 2 heterocycles. The van der Waals surface area contributed by atoms with Crippen LogP contribution < -0.4 is 0 Å². The molecule has 5 nitrogen and oxygen atoms in total. The molecular weight excluding hydrogens is 426 g/mol. The fourth-order valence-electron chi connectivity index (χ4n) is 5.29. The van der Waals surface area contributed by atoms with Gasteiger partial charge in [-0.05, 0) is 77.5 Å². The number of aldehydes is 1. The number of rotatable bonds is 6. The largest absolute Gasteiger partial charge is 0.512 e. The summed E-state index contributed by atoms with van der Waals surface area (Å²) in [4.78, 5) is 15.4. The number of benzene rings is 1. The van der Waals surface area contributed by atoms with Gasteiger partial charge in [0, 0.05) is 24.6 Å². The molecule has 182 valence electrons. The second-order valence-corrected chi connectivity index (χ2v) is 11.0. The lowest BCUT2D eigenvalue weighted by Gasteiger charge is -2.43. The molecule has 0 amide bonds. The van der Waals surface area contributed by atoms with Crippen molar-refractivity contribution in [2.75, 3.05) is 13.2 Å². The van der Waals surface area contributed by atoms with Gasteiger partial charge < -0.3 is 19.4 Å². The molecule has 1 N–H and O–H groups in total. The molecule has 1 saturated heterocycles. The standard InChI is InChI=1S/C29H37NO4/c1-19-16-23-24(28(5,6)12-11-27(23,3)4)17-22(19)29(33-14-15-34-29)26-10-9-21(18-30-26)20(2)25(32)8-7-13-31/h9-10,13,16-18,32H,7-8,11-12,14-15H2,1-6H3/b25-20-. The Morgan fingerprint density at radius 3 is 2.21 bits per heavy atom. The van der Waals surface area contributed by atoms with Gasteiger partial charge in [-0.1, -0.05) is 39.8 Å². The van der Waals surface area contributed by atoms with Crippen LogP contribution in [0.4, 0.5) is 0 Å². The van der Waals surface area contributed by atoms with Gasteiger partial charge in [0.25, 0.3) is 0 Å². The zero-order valence-corrected chi connectivity index (χ0v) is 21.3. The fourth-order valence-corrected chi connectivity index (χ4v) is 5.29. The second-order valence-electron chi connectivity index (χ2n) is 11.0. The van der Waals surface area contributed by atoms with Crippen LogP contribution in [0.2, 0.25) is 0 Å². The fraction of sp³-hybridized carbons (Fsp3) is 0.517. The first-order chi connectivity index (χ1) is 16.0. The maximum absolute atomic E-state index is 10.6. The molecule has 0 spiro atoms. The van der Waals surface area contributed by atoms with Crippen molar-refractivity contribution in [2.45, 2.75) is 83.8 Å². The van der Waals surface area contributed by atoms with Gasteiger partial charge in [0.1, 0.15) is 12.0 Å². The Kier molecular flexibility index (Phi) is 6.47. The Balaban J connectivity index is 1.79. The normalized spacial score (nSPS) is 21.0. The summed E-state index contributed by atoms with van der Waals surface area (Å²) >= 11 is 0.